The van der Waals surface area contributed by atoms with Gasteiger partial charge in [-0.15, -0.1) is 21.5 Å². The molecule has 0 aliphatic heterocycles. The molecule has 3 rings (SSSR count). The molecule has 0 saturated heterocycles. The van der Waals surface area contributed by atoms with E-state index in [1.807, 2.05) is 0 Å². The van der Waals surface area contributed by atoms with Crippen LogP contribution in [0.4, 0.5) is 5.13 Å². The molecule has 0 unspecified atom stereocenters. The molecule has 0 aliphatic carbocycles. The number of rotatable bonds is 8. The van der Waals surface area contributed by atoms with Crippen LogP contribution < -0.4 is 15.4 Å². The number of hydrogen-bond donors (Lipinski definition) is 2. The largest absolute Gasteiger partial charge is 0.496 e. The van der Waals surface area contributed by atoms with Gasteiger partial charge in [-0.3, -0.25) is 9.59 Å². The van der Waals surface area contributed by atoms with Crippen molar-refractivity contribution in [2.75, 3.05) is 12.4 Å². The van der Waals surface area contributed by atoms with E-state index in [1.165, 1.54) is 30.2 Å². The van der Waals surface area contributed by atoms with Crippen molar-refractivity contribution in [3.8, 4) is 5.75 Å². The number of hydrogen-bond acceptors (Lipinski definition) is 8. The van der Waals surface area contributed by atoms with Crippen molar-refractivity contribution < 1.29 is 14.3 Å². The monoisotopic (exact) mass is 432 g/mol. The fraction of sp³-hybridized carbons (Fsp3) is 0.278. The van der Waals surface area contributed by atoms with Crippen molar-refractivity contribution in [3.63, 3.8) is 0 Å². The van der Waals surface area contributed by atoms with Gasteiger partial charge in [0.25, 0.3) is 5.91 Å². The highest BCUT2D eigenvalue weighted by Gasteiger charge is 2.20. The minimum Gasteiger partial charge on any atom is -0.496 e. The van der Waals surface area contributed by atoms with E-state index < -0.39 is 5.25 Å². The van der Waals surface area contributed by atoms with Gasteiger partial charge < -0.3 is 19.9 Å². The number of thiazole rings is 1. The second kappa shape index (κ2) is 9.52. The van der Waals surface area contributed by atoms with Gasteiger partial charge in [0.15, 0.2) is 16.1 Å². The molecule has 2 heterocycles. The number of amides is 2. The van der Waals surface area contributed by atoms with E-state index in [9.17, 15) is 9.59 Å². The van der Waals surface area contributed by atoms with Crippen molar-refractivity contribution in [2.45, 2.75) is 23.9 Å². The van der Waals surface area contributed by atoms with Crippen LogP contribution in [0.3, 0.4) is 0 Å². The van der Waals surface area contributed by atoms with Crippen LogP contribution in [-0.4, -0.2) is 43.9 Å². The summed E-state index contributed by atoms with van der Waals surface area (Å²) in [5.74, 6) is 0.636. The van der Waals surface area contributed by atoms with Gasteiger partial charge in [-0.1, -0.05) is 23.9 Å². The third-order valence-electron chi connectivity index (χ3n) is 4.00. The summed E-state index contributed by atoms with van der Waals surface area (Å²) in [6.07, 6.45) is 1.63. The Morgan fingerprint density at radius 2 is 2.10 bits per heavy atom. The van der Waals surface area contributed by atoms with Gasteiger partial charge in [0.2, 0.25) is 5.91 Å². The Bertz CT molecular complexity index is 989. The molecule has 2 amide bonds. The minimum atomic E-state index is -0.391. The molecule has 3 aromatic rings. The molecule has 1 aromatic carbocycles. The van der Waals surface area contributed by atoms with E-state index in [1.54, 1.807) is 54.4 Å². The quantitative estimate of drug-likeness (QED) is 0.526. The SMILES string of the molecule is COc1ccccc1C(=O)NCc1nnc(S[C@H](C)C(=O)Nc2nccs2)n1C. The number of thioether (sulfide) groups is 1. The number of methoxy groups -OCH3 is 1. The lowest BCUT2D eigenvalue weighted by molar-refractivity contribution is -0.115. The summed E-state index contributed by atoms with van der Waals surface area (Å²) in [7, 11) is 3.31. The highest BCUT2D eigenvalue weighted by atomic mass is 32.2. The predicted octanol–water partition coefficient (Wildman–Crippen LogP) is 2.33. The highest BCUT2D eigenvalue weighted by Crippen LogP contribution is 2.23. The molecular weight excluding hydrogens is 412 g/mol. The standard InChI is InChI=1S/C18H20N6O3S2/c1-11(15(25)21-17-19-8-9-28-17)29-18-23-22-14(24(18)2)10-20-16(26)12-6-4-5-7-13(12)27-3/h4-9,11H,10H2,1-3H3,(H,20,26)(H,19,21,25)/t11-/m1/s1. The molecule has 11 heteroatoms. The van der Waals surface area contributed by atoms with Gasteiger partial charge in [-0.25, -0.2) is 4.98 Å². The van der Waals surface area contributed by atoms with Crippen LogP contribution in [0, 0.1) is 0 Å². The maximum Gasteiger partial charge on any atom is 0.255 e. The number of nitrogens with zero attached hydrogens (tertiary/aromatic N) is 4. The first kappa shape index (κ1) is 20.8. The van der Waals surface area contributed by atoms with E-state index in [-0.39, 0.29) is 18.4 Å². The number of nitrogens with one attached hydrogen (secondary N) is 2. The van der Waals surface area contributed by atoms with Gasteiger partial charge in [-0.2, -0.15) is 0 Å². The van der Waals surface area contributed by atoms with E-state index in [4.69, 9.17) is 4.74 Å². The summed E-state index contributed by atoms with van der Waals surface area (Å²) in [6.45, 7) is 1.98. The zero-order valence-electron chi connectivity index (χ0n) is 16.1. The predicted molar refractivity (Wildman–Crippen MR) is 111 cm³/mol. The van der Waals surface area contributed by atoms with E-state index in [0.717, 1.165) is 0 Å². The van der Waals surface area contributed by atoms with Crippen LogP contribution in [0.2, 0.25) is 0 Å². The second-order valence-corrected chi connectivity index (χ2v) is 8.13. The number of ether oxygens (including phenoxy) is 1. The molecule has 29 heavy (non-hydrogen) atoms. The normalized spacial score (nSPS) is 11.7. The van der Waals surface area contributed by atoms with Crippen molar-refractivity contribution in [2.24, 2.45) is 7.05 Å². The van der Waals surface area contributed by atoms with Crippen LogP contribution in [0.15, 0.2) is 41.0 Å². The zero-order chi connectivity index (χ0) is 20.8. The third-order valence-corrected chi connectivity index (χ3v) is 5.82. The first-order valence-electron chi connectivity index (χ1n) is 8.66. The molecule has 0 aliphatic rings. The zero-order valence-corrected chi connectivity index (χ0v) is 17.7. The molecule has 0 bridgehead atoms. The van der Waals surface area contributed by atoms with Crippen molar-refractivity contribution in [3.05, 3.63) is 47.2 Å². The Morgan fingerprint density at radius 1 is 1.31 bits per heavy atom. The lowest BCUT2D eigenvalue weighted by Gasteiger charge is -2.11. The van der Waals surface area contributed by atoms with Gasteiger partial charge in [-0.05, 0) is 19.1 Å². The van der Waals surface area contributed by atoms with Crippen LogP contribution >= 0.6 is 23.1 Å². The molecule has 2 aromatic heterocycles. The maximum absolute atomic E-state index is 12.4. The maximum atomic E-state index is 12.4. The molecule has 0 fully saturated rings. The summed E-state index contributed by atoms with van der Waals surface area (Å²) in [5, 5.41) is 16.3. The van der Waals surface area contributed by atoms with Crippen molar-refractivity contribution >= 4 is 40.0 Å². The molecule has 0 spiro atoms. The summed E-state index contributed by atoms with van der Waals surface area (Å²) in [5.41, 5.74) is 0.444. The van der Waals surface area contributed by atoms with Crippen molar-refractivity contribution in [1.29, 1.82) is 0 Å². The van der Waals surface area contributed by atoms with Crippen LogP contribution in [0.1, 0.15) is 23.1 Å². The van der Waals surface area contributed by atoms with Gasteiger partial charge in [0, 0.05) is 18.6 Å². The topological polar surface area (TPSA) is 111 Å². The molecule has 152 valence electrons. The smallest absolute Gasteiger partial charge is 0.255 e. The Balaban J connectivity index is 1.59. The second-order valence-electron chi connectivity index (χ2n) is 5.93. The number of carbonyl (C=O) groups excluding carboxylic acids is 2. The van der Waals surface area contributed by atoms with Crippen molar-refractivity contribution in [1.82, 2.24) is 25.1 Å². The average molecular weight is 433 g/mol. The Labute approximate surface area is 175 Å². The lowest BCUT2D eigenvalue weighted by Crippen LogP contribution is -2.25. The van der Waals surface area contributed by atoms with Gasteiger partial charge in [0.05, 0.1) is 24.5 Å². The molecule has 1 atom stereocenters. The average Bonchev–Trinajstić information content (AvgIpc) is 3.36. The van der Waals surface area contributed by atoms with E-state index in [0.29, 0.717) is 27.4 Å². The lowest BCUT2D eigenvalue weighted by atomic mass is 10.2. The fourth-order valence-electron chi connectivity index (χ4n) is 2.39. The number of para-hydroxylation sites is 1. The Kier molecular flexibility index (Phi) is 6.83. The van der Waals surface area contributed by atoms with Gasteiger partial charge in [0.1, 0.15) is 5.75 Å². The summed E-state index contributed by atoms with van der Waals surface area (Å²) < 4.78 is 6.96. The number of carbonyl (C=O) groups is 2. The first-order chi connectivity index (χ1) is 14.0. The van der Waals surface area contributed by atoms with E-state index in [2.05, 4.69) is 25.8 Å². The molecule has 2 N–H and O–H groups in total. The van der Waals surface area contributed by atoms with Crippen LogP contribution in [-0.2, 0) is 18.4 Å². The molecular formula is C18H20N6O3S2. The summed E-state index contributed by atoms with van der Waals surface area (Å²) >= 11 is 2.64. The number of anilines is 1. The highest BCUT2D eigenvalue weighted by molar-refractivity contribution is 8.00. The van der Waals surface area contributed by atoms with Crippen LogP contribution in [0.5, 0.6) is 5.75 Å². The Morgan fingerprint density at radius 3 is 2.83 bits per heavy atom. The minimum absolute atomic E-state index is 0.168. The number of aromatic nitrogens is 4. The molecule has 0 saturated carbocycles. The summed E-state index contributed by atoms with van der Waals surface area (Å²) in [6, 6.07) is 6.99. The first-order valence-corrected chi connectivity index (χ1v) is 10.4. The number of benzene rings is 1. The Hall–Kier alpha value is -2.92. The molecule has 0 radical (unpaired) electrons. The van der Waals surface area contributed by atoms with E-state index >= 15 is 0 Å². The molecule has 9 nitrogen and oxygen atoms in total. The fourth-order valence-corrected chi connectivity index (χ4v) is 3.76. The summed E-state index contributed by atoms with van der Waals surface area (Å²) in [4.78, 5) is 28.7. The third kappa shape index (κ3) is 5.12. The van der Waals surface area contributed by atoms with Crippen LogP contribution in [0.25, 0.3) is 0 Å². The van der Waals surface area contributed by atoms with Gasteiger partial charge >= 0.3 is 0 Å².